The van der Waals surface area contributed by atoms with E-state index in [-0.39, 0.29) is 0 Å². The fraction of sp³-hybridized carbons (Fsp3) is 0.222. The Morgan fingerprint density at radius 2 is 2.29 bits per heavy atom. The Bertz CT molecular complexity index is 428. The van der Waals surface area contributed by atoms with E-state index >= 15 is 0 Å². The summed E-state index contributed by atoms with van der Waals surface area (Å²) in [5.41, 5.74) is 3.66. The predicted molar refractivity (Wildman–Crippen MR) is 57.4 cm³/mol. The van der Waals surface area contributed by atoms with E-state index in [0.717, 1.165) is 16.1 Å². The molecule has 14 heavy (non-hydrogen) atoms. The van der Waals surface area contributed by atoms with Crippen molar-refractivity contribution < 1.29 is 0 Å². The number of hydrogen-bond donors (Lipinski definition) is 0. The number of rotatable bonds is 2. The van der Waals surface area contributed by atoms with Crippen LogP contribution in [0.3, 0.4) is 0 Å². The highest BCUT2D eigenvalue weighted by Crippen LogP contribution is 2.20. The van der Waals surface area contributed by atoms with Crippen LogP contribution in [-0.4, -0.2) is 15.0 Å². The summed E-state index contributed by atoms with van der Waals surface area (Å²) >= 11 is 7.28. The minimum absolute atomic E-state index is 0.417. The van der Waals surface area contributed by atoms with Crippen LogP contribution < -0.4 is 0 Å². The minimum atomic E-state index is 0.417. The van der Waals surface area contributed by atoms with Gasteiger partial charge in [-0.15, -0.1) is 22.9 Å². The van der Waals surface area contributed by atoms with Gasteiger partial charge in [-0.3, -0.25) is 4.98 Å². The monoisotopic (exact) mass is 225 g/mol. The van der Waals surface area contributed by atoms with Gasteiger partial charge < -0.3 is 0 Å². The quantitative estimate of drug-likeness (QED) is 0.738. The number of nitrogens with zero attached hydrogens (tertiary/aromatic N) is 3. The van der Waals surface area contributed by atoms with Gasteiger partial charge >= 0.3 is 0 Å². The van der Waals surface area contributed by atoms with Crippen LogP contribution >= 0.6 is 22.9 Å². The molecular formula is C9H8ClN3S. The highest BCUT2D eigenvalue weighted by atomic mass is 35.5. The first-order chi connectivity index (χ1) is 6.81. The zero-order valence-corrected chi connectivity index (χ0v) is 9.14. The molecule has 0 saturated heterocycles. The van der Waals surface area contributed by atoms with Gasteiger partial charge in [-0.2, -0.15) is 0 Å². The van der Waals surface area contributed by atoms with Crippen molar-refractivity contribution >= 4 is 22.9 Å². The number of hydrogen-bond acceptors (Lipinski definition) is 4. The zero-order valence-electron chi connectivity index (χ0n) is 7.57. The van der Waals surface area contributed by atoms with Gasteiger partial charge in [0.1, 0.15) is 0 Å². The summed E-state index contributed by atoms with van der Waals surface area (Å²) in [6, 6.07) is 0. The van der Waals surface area contributed by atoms with Crippen LogP contribution in [0.5, 0.6) is 0 Å². The summed E-state index contributed by atoms with van der Waals surface area (Å²) in [5.74, 6) is 1.12. The normalized spacial score (nSPS) is 10.4. The number of thiazole rings is 1. The summed E-state index contributed by atoms with van der Waals surface area (Å²) in [5, 5.41) is 0. The van der Waals surface area contributed by atoms with Crippen LogP contribution in [0.1, 0.15) is 11.3 Å². The molecule has 0 unspecified atom stereocenters. The van der Waals surface area contributed by atoms with Crippen LogP contribution in [0.25, 0.3) is 10.7 Å². The molecule has 0 N–H and O–H groups in total. The third-order valence-electron chi connectivity index (χ3n) is 1.86. The standard InChI is InChI=1S/C9H8ClN3S/c1-6-3-12-9(13-7(6)2-10)8-4-11-5-14-8/h3-5H,2H2,1H3. The Morgan fingerprint density at radius 1 is 1.43 bits per heavy atom. The van der Waals surface area contributed by atoms with Crippen molar-refractivity contribution in [2.45, 2.75) is 12.8 Å². The van der Waals surface area contributed by atoms with Crippen molar-refractivity contribution in [1.82, 2.24) is 15.0 Å². The van der Waals surface area contributed by atoms with Crippen molar-refractivity contribution in [2.24, 2.45) is 0 Å². The zero-order chi connectivity index (χ0) is 9.97. The first kappa shape index (κ1) is 9.55. The maximum absolute atomic E-state index is 5.76. The van der Waals surface area contributed by atoms with Crippen LogP contribution in [0.15, 0.2) is 17.9 Å². The molecule has 0 aromatic carbocycles. The van der Waals surface area contributed by atoms with E-state index in [4.69, 9.17) is 11.6 Å². The Morgan fingerprint density at radius 3 is 2.93 bits per heavy atom. The Balaban J connectivity index is 2.46. The van der Waals surface area contributed by atoms with E-state index in [2.05, 4.69) is 15.0 Å². The third-order valence-corrected chi connectivity index (χ3v) is 2.88. The van der Waals surface area contributed by atoms with E-state index in [1.165, 1.54) is 11.3 Å². The lowest BCUT2D eigenvalue weighted by Crippen LogP contribution is -1.95. The molecule has 5 heteroatoms. The van der Waals surface area contributed by atoms with Crippen molar-refractivity contribution in [1.29, 1.82) is 0 Å². The Hall–Kier alpha value is -1.00. The molecule has 72 valence electrons. The molecule has 0 aliphatic rings. The lowest BCUT2D eigenvalue weighted by Gasteiger charge is -2.01. The first-order valence-electron chi connectivity index (χ1n) is 4.08. The second kappa shape index (κ2) is 4.02. The SMILES string of the molecule is Cc1cnc(-c2cncs2)nc1CCl. The summed E-state index contributed by atoms with van der Waals surface area (Å²) in [7, 11) is 0. The van der Waals surface area contributed by atoms with Gasteiger partial charge in [0.25, 0.3) is 0 Å². The minimum Gasteiger partial charge on any atom is -0.252 e. The summed E-state index contributed by atoms with van der Waals surface area (Å²) in [6.45, 7) is 1.95. The highest BCUT2D eigenvalue weighted by Gasteiger charge is 2.05. The predicted octanol–water partition coefficient (Wildman–Crippen LogP) is 2.65. The Labute approximate surface area is 90.8 Å². The lowest BCUT2D eigenvalue weighted by atomic mass is 10.3. The van der Waals surface area contributed by atoms with Gasteiger partial charge in [-0.05, 0) is 12.5 Å². The number of halogens is 1. The van der Waals surface area contributed by atoms with Gasteiger partial charge in [-0.25, -0.2) is 9.97 Å². The van der Waals surface area contributed by atoms with Gasteiger partial charge in [0.15, 0.2) is 5.82 Å². The molecule has 2 aromatic rings. The maximum Gasteiger partial charge on any atom is 0.171 e. The number of alkyl halides is 1. The van der Waals surface area contributed by atoms with E-state index < -0.39 is 0 Å². The van der Waals surface area contributed by atoms with Crippen LogP contribution in [-0.2, 0) is 5.88 Å². The van der Waals surface area contributed by atoms with Gasteiger partial charge in [0.05, 0.1) is 22.0 Å². The molecule has 0 saturated carbocycles. The van der Waals surface area contributed by atoms with E-state index in [1.54, 1.807) is 17.9 Å². The molecule has 0 bridgehead atoms. The topological polar surface area (TPSA) is 38.7 Å². The highest BCUT2D eigenvalue weighted by molar-refractivity contribution is 7.13. The van der Waals surface area contributed by atoms with E-state index in [9.17, 15) is 0 Å². The molecule has 0 radical (unpaired) electrons. The van der Waals surface area contributed by atoms with Crippen molar-refractivity contribution in [2.75, 3.05) is 0 Å². The molecule has 0 aliphatic heterocycles. The van der Waals surface area contributed by atoms with E-state index in [0.29, 0.717) is 11.7 Å². The molecule has 3 nitrogen and oxygen atoms in total. The third kappa shape index (κ3) is 1.76. The van der Waals surface area contributed by atoms with Crippen LogP contribution in [0.2, 0.25) is 0 Å². The first-order valence-corrected chi connectivity index (χ1v) is 5.50. The average Bonchev–Trinajstić information content (AvgIpc) is 2.71. The molecule has 0 aliphatic carbocycles. The largest absolute Gasteiger partial charge is 0.252 e. The molecular weight excluding hydrogens is 218 g/mol. The summed E-state index contributed by atoms with van der Waals surface area (Å²) < 4.78 is 0. The molecule has 2 aromatic heterocycles. The molecule has 0 spiro atoms. The molecule has 0 atom stereocenters. The maximum atomic E-state index is 5.76. The number of aromatic nitrogens is 3. The second-order valence-corrected chi connectivity index (χ2v) is 3.98. The van der Waals surface area contributed by atoms with Crippen molar-refractivity contribution in [3.8, 4) is 10.7 Å². The van der Waals surface area contributed by atoms with Gasteiger partial charge in [0.2, 0.25) is 0 Å². The molecule has 0 amide bonds. The van der Waals surface area contributed by atoms with Crippen LogP contribution in [0.4, 0.5) is 0 Å². The van der Waals surface area contributed by atoms with Crippen molar-refractivity contribution in [3.05, 3.63) is 29.2 Å². The average molecular weight is 226 g/mol. The molecule has 2 rings (SSSR count). The van der Waals surface area contributed by atoms with Gasteiger partial charge in [0, 0.05) is 12.4 Å². The number of aryl methyl sites for hydroxylation is 1. The van der Waals surface area contributed by atoms with Crippen LogP contribution in [0, 0.1) is 6.92 Å². The van der Waals surface area contributed by atoms with Crippen molar-refractivity contribution in [3.63, 3.8) is 0 Å². The fourth-order valence-corrected chi connectivity index (χ4v) is 1.89. The summed E-state index contributed by atoms with van der Waals surface area (Å²) in [4.78, 5) is 13.5. The molecule has 0 fully saturated rings. The van der Waals surface area contributed by atoms with Gasteiger partial charge in [-0.1, -0.05) is 0 Å². The lowest BCUT2D eigenvalue weighted by molar-refractivity contribution is 1.06. The Kier molecular flexibility index (Phi) is 2.74. The fourth-order valence-electron chi connectivity index (χ4n) is 1.06. The smallest absolute Gasteiger partial charge is 0.171 e. The van der Waals surface area contributed by atoms with E-state index in [1.807, 2.05) is 6.92 Å². The second-order valence-electron chi connectivity index (χ2n) is 2.82. The molecule has 2 heterocycles. The summed E-state index contributed by atoms with van der Waals surface area (Å²) in [6.07, 6.45) is 3.55.